The molecule has 0 radical (unpaired) electrons. The van der Waals surface area contributed by atoms with Gasteiger partial charge in [-0.05, 0) is 24.5 Å². The van der Waals surface area contributed by atoms with Crippen molar-refractivity contribution in [2.24, 2.45) is 0 Å². The number of aliphatic hydroxyl groups is 1. The third-order valence-corrected chi connectivity index (χ3v) is 2.91. The van der Waals surface area contributed by atoms with E-state index in [0.29, 0.717) is 5.92 Å². The molecule has 2 heteroatoms. The maximum Gasteiger partial charge on any atom is 0.0812 e. The lowest BCUT2D eigenvalue weighted by atomic mass is 9.93. The molecule has 0 aliphatic carbocycles. The van der Waals surface area contributed by atoms with Crippen molar-refractivity contribution in [2.75, 3.05) is 13.2 Å². The van der Waals surface area contributed by atoms with Crippen LogP contribution in [0.5, 0.6) is 0 Å². The Labute approximate surface area is 84.5 Å². The zero-order valence-corrected chi connectivity index (χ0v) is 8.44. The molecule has 0 amide bonds. The number of aliphatic hydroxyl groups excluding tert-OH is 1. The molecule has 0 bridgehead atoms. The van der Waals surface area contributed by atoms with Gasteiger partial charge in [-0.15, -0.1) is 0 Å². The molecule has 1 aromatic carbocycles. The molecule has 1 aliphatic rings. The highest BCUT2D eigenvalue weighted by atomic mass is 16.5. The summed E-state index contributed by atoms with van der Waals surface area (Å²) >= 11 is 0. The van der Waals surface area contributed by atoms with E-state index in [9.17, 15) is 0 Å². The summed E-state index contributed by atoms with van der Waals surface area (Å²) in [6, 6.07) is 8.40. The normalized spacial score (nSPS) is 26.7. The largest absolute Gasteiger partial charge is 0.394 e. The summed E-state index contributed by atoms with van der Waals surface area (Å²) in [5, 5.41) is 8.98. The molecule has 2 nitrogen and oxygen atoms in total. The van der Waals surface area contributed by atoms with Gasteiger partial charge in [0.15, 0.2) is 0 Å². The van der Waals surface area contributed by atoms with Gasteiger partial charge in [0, 0.05) is 5.92 Å². The van der Waals surface area contributed by atoms with Gasteiger partial charge in [0.1, 0.15) is 0 Å². The third-order valence-electron chi connectivity index (χ3n) is 2.91. The molecule has 2 atom stereocenters. The van der Waals surface area contributed by atoms with Gasteiger partial charge in [-0.25, -0.2) is 0 Å². The van der Waals surface area contributed by atoms with Gasteiger partial charge in [-0.1, -0.05) is 24.3 Å². The van der Waals surface area contributed by atoms with Gasteiger partial charge in [-0.2, -0.15) is 0 Å². The maximum absolute atomic E-state index is 8.98. The summed E-state index contributed by atoms with van der Waals surface area (Å²) in [6.07, 6.45) is 0.987. The van der Waals surface area contributed by atoms with Crippen LogP contribution in [0.1, 0.15) is 23.5 Å². The van der Waals surface area contributed by atoms with E-state index in [1.54, 1.807) is 0 Å². The smallest absolute Gasteiger partial charge is 0.0812 e. The van der Waals surface area contributed by atoms with Crippen molar-refractivity contribution in [1.29, 1.82) is 0 Å². The maximum atomic E-state index is 8.98. The molecule has 0 saturated carbocycles. The van der Waals surface area contributed by atoms with Gasteiger partial charge in [0.25, 0.3) is 0 Å². The third kappa shape index (κ3) is 1.81. The van der Waals surface area contributed by atoms with Crippen LogP contribution < -0.4 is 0 Å². The highest BCUT2D eigenvalue weighted by Gasteiger charge is 2.26. The molecular weight excluding hydrogens is 176 g/mol. The highest BCUT2D eigenvalue weighted by molar-refractivity contribution is 5.29. The van der Waals surface area contributed by atoms with Crippen molar-refractivity contribution in [2.45, 2.75) is 25.4 Å². The van der Waals surface area contributed by atoms with Crippen LogP contribution in [0.2, 0.25) is 0 Å². The Hall–Kier alpha value is -0.860. The van der Waals surface area contributed by atoms with Crippen molar-refractivity contribution in [1.82, 2.24) is 0 Å². The molecular formula is C12H16O2. The lowest BCUT2D eigenvalue weighted by Crippen LogP contribution is -2.09. The summed E-state index contributed by atoms with van der Waals surface area (Å²) in [6.45, 7) is 3.01. The highest BCUT2D eigenvalue weighted by Crippen LogP contribution is 2.30. The fraction of sp³-hybridized carbons (Fsp3) is 0.500. The summed E-state index contributed by atoms with van der Waals surface area (Å²) in [4.78, 5) is 0. The SMILES string of the molecule is Cc1ccccc1[C@@H]1CO[C@@H](CO)C1. The van der Waals surface area contributed by atoms with E-state index < -0.39 is 0 Å². The minimum atomic E-state index is 0.0413. The quantitative estimate of drug-likeness (QED) is 0.775. The number of aryl methyl sites for hydroxylation is 1. The Bertz CT molecular complexity index is 309. The van der Waals surface area contributed by atoms with Gasteiger partial charge < -0.3 is 9.84 Å². The zero-order valence-electron chi connectivity index (χ0n) is 8.44. The van der Waals surface area contributed by atoms with Gasteiger partial charge in [0.05, 0.1) is 19.3 Å². The number of benzene rings is 1. The van der Waals surface area contributed by atoms with Crippen molar-refractivity contribution in [3.63, 3.8) is 0 Å². The average molecular weight is 192 g/mol. The van der Waals surface area contributed by atoms with Crippen LogP contribution >= 0.6 is 0 Å². The summed E-state index contributed by atoms with van der Waals surface area (Å²) in [5.74, 6) is 0.466. The molecule has 0 aromatic heterocycles. The van der Waals surface area contributed by atoms with Crippen LogP contribution in [0.4, 0.5) is 0 Å². The molecule has 2 rings (SSSR count). The van der Waals surface area contributed by atoms with E-state index >= 15 is 0 Å². The van der Waals surface area contributed by atoms with Crippen molar-refractivity contribution in [3.05, 3.63) is 35.4 Å². The second-order valence-electron chi connectivity index (χ2n) is 3.93. The van der Waals surface area contributed by atoms with E-state index in [1.165, 1.54) is 11.1 Å². The Morgan fingerprint density at radius 3 is 2.86 bits per heavy atom. The first-order chi connectivity index (χ1) is 6.81. The van der Waals surface area contributed by atoms with E-state index in [0.717, 1.165) is 13.0 Å². The minimum absolute atomic E-state index is 0.0413. The van der Waals surface area contributed by atoms with E-state index in [1.807, 2.05) is 0 Å². The van der Waals surface area contributed by atoms with Crippen molar-refractivity contribution >= 4 is 0 Å². The number of hydrogen-bond acceptors (Lipinski definition) is 2. The predicted molar refractivity (Wildman–Crippen MR) is 55.4 cm³/mol. The standard InChI is InChI=1S/C12H16O2/c1-9-4-2-3-5-12(9)10-6-11(7-13)14-8-10/h2-5,10-11,13H,6-8H2,1H3/t10-,11+/m0/s1. The Morgan fingerprint density at radius 2 is 2.21 bits per heavy atom. The predicted octanol–water partition coefficient (Wildman–Crippen LogP) is 1.86. The molecule has 1 N–H and O–H groups in total. The van der Waals surface area contributed by atoms with Crippen LogP contribution in [0.25, 0.3) is 0 Å². The molecule has 0 unspecified atom stereocenters. The fourth-order valence-corrected chi connectivity index (χ4v) is 2.09. The topological polar surface area (TPSA) is 29.5 Å². The first-order valence-electron chi connectivity index (χ1n) is 5.09. The van der Waals surface area contributed by atoms with Crippen LogP contribution in [0.3, 0.4) is 0 Å². The Balaban J connectivity index is 2.13. The van der Waals surface area contributed by atoms with Crippen LogP contribution in [-0.4, -0.2) is 24.4 Å². The molecule has 76 valence electrons. The monoisotopic (exact) mass is 192 g/mol. The molecule has 1 aliphatic heterocycles. The van der Waals surface area contributed by atoms with Crippen molar-refractivity contribution in [3.8, 4) is 0 Å². The lowest BCUT2D eigenvalue weighted by molar-refractivity contribution is 0.0585. The number of ether oxygens (including phenoxy) is 1. The number of rotatable bonds is 2. The van der Waals surface area contributed by atoms with Gasteiger partial charge in [0.2, 0.25) is 0 Å². The molecule has 1 saturated heterocycles. The Kier molecular flexibility index (Phi) is 2.85. The van der Waals surface area contributed by atoms with Crippen molar-refractivity contribution < 1.29 is 9.84 Å². The summed E-state index contributed by atoms with van der Waals surface area (Å²) in [5.41, 5.74) is 2.68. The lowest BCUT2D eigenvalue weighted by Gasteiger charge is -2.11. The van der Waals surface area contributed by atoms with Gasteiger partial charge in [-0.3, -0.25) is 0 Å². The molecule has 0 spiro atoms. The summed E-state index contributed by atoms with van der Waals surface area (Å²) < 4.78 is 5.47. The minimum Gasteiger partial charge on any atom is -0.394 e. The average Bonchev–Trinajstić information content (AvgIpc) is 2.67. The van der Waals surface area contributed by atoms with Crippen LogP contribution in [0, 0.1) is 6.92 Å². The second-order valence-corrected chi connectivity index (χ2v) is 3.93. The zero-order chi connectivity index (χ0) is 9.97. The van der Waals surface area contributed by atoms with Crippen LogP contribution in [0.15, 0.2) is 24.3 Å². The molecule has 1 aromatic rings. The number of hydrogen-bond donors (Lipinski definition) is 1. The fourth-order valence-electron chi connectivity index (χ4n) is 2.09. The van der Waals surface area contributed by atoms with Crippen LogP contribution in [-0.2, 0) is 4.74 Å². The Morgan fingerprint density at radius 1 is 1.43 bits per heavy atom. The van der Waals surface area contributed by atoms with Gasteiger partial charge >= 0.3 is 0 Å². The van der Waals surface area contributed by atoms with E-state index in [-0.39, 0.29) is 12.7 Å². The van der Waals surface area contributed by atoms with E-state index in [2.05, 4.69) is 31.2 Å². The van der Waals surface area contributed by atoms with E-state index in [4.69, 9.17) is 9.84 Å². The second kappa shape index (κ2) is 4.11. The molecule has 1 fully saturated rings. The first kappa shape index (κ1) is 9.69. The summed E-state index contributed by atoms with van der Waals surface area (Å²) in [7, 11) is 0. The first-order valence-corrected chi connectivity index (χ1v) is 5.09. The molecule has 1 heterocycles. The molecule has 14 heavy (non-hydrogen) atoms.